The molecule has 0 radical (unpaired) electrons. The number of thiazole rings is 1. The zero-order valence-electron chi connectivity index (χ0n) is 13.1. The normalized spacial score (nSPS) is 13.2. The minimum absolute atomic E-state index is 0.177. The smallest absolute Gasteiger partial charge is 0.389 e. The third-order valence-corrected chi connectivity index (χ3v) is 5.72. The highest BCUT2D eigenvalue weighted by Crippen LogP contribution is 2.36. The molecule has 1 unspecified atom stereocenters. The zero-order valence-corrected chi connectivity index (χ0v) is 14.7. The second-order valence-electron chi connectivity index (χ2n) is 5.53. The third kappa shape index (κ3) is 4.57. The van der Waals surface area contributed by atoms with E-state index in [0.29, 0.717) is 14.7 Å². The number of aliphatic hydroxyl groups is 1. The molecule has 0 bridgehead atoms. The van der Waals surface area contributed by atoms with E-state index in [1.807, 2.05) is 0 Å². The fraction of sp³-hybridized carbons (Fsp3) is 0.250. The Morgan fingerprint density at radius 1 is 1.38 bits per heavy atom. The average molecular weight is 402 g/mol. The van der Waals surface area contributed by atoms with Gasteiger partial charge in [-0.3, -0.25) is 0 Å². The van der Waals surface area contributed by atoms with Crippen LogP contribution in [0.4, 0.5) is 13.2 Å². The number of aromatic carboxylic acids is 1. The molecule has 0 aliphatic rings. The fourth-order valence-electron chi connectivity index (χ4n) is 2.28. The van der Waals surface area contributed by atoms with Gasteiger partial charge in [0.15, 0.2) is 4.34 Å². The van der Waals surface area contributed by atoms with Crippen LogP contribution in [0.15, 0.2) is 46.0 Å². The Morgan fingerprint density at radius 3 is 2.85 bits per heavy atom. The van der Waals surface area contributed by atoms with Gasteiger partial charge in [-0.25, -0.2) is 9.78 Å². The molecule has 10 heteroatoms. The van der Waals surface area contributed by atoms with Crippen LogP contribution in [0.25, 0.3) is 5.52 Å². The fourth-order valence-corrected chi connectivity index (χ4v) is 4.31. The Labute approximate surface area is 154 Å². The van der Waals surface area contributed by atoms with Crippen LogP contribution < -0.4 is 0 Å². The first-order chi connectivity index (χ1) is 12.2. The molecule has 0 amide bonds. The molecule has 1 atom stereocenters. The van der Waals surface area contributed by atoms with Crippen LogP contribution in [0.2, 0.25) is 0 Å². The molecule has 26 heavy (non-hydrogen) atoms. The Balaban J connectivity index is 1.70. The summed E-state index contributed by atoms with van der Waals surface area (Å²) in [6, 6.07) is 5.11. The molecule has 3 rings (SSSR count). The number of aromatic nitrogens is 2. The lowest BCUT2D eigenvalue weighted by Crippen LogP contribution is -2.09. The molecule has 0 spiro atoms. The van der Waals surface area contributed by atoms with Crippen LogP contribution in [-0.2, 0) is 0 Å². The number of carboxylic acid groups (broad SMARTS) is 1. The lowest BCUT2D eigenvalue weighted by atomic mass is 10.2. The van der Waals surface area contributed by atoms with Crippen LogP contribution in [0.1, 0.15) is 34.2 Å². The highest BCUT2D eigenvalue weighted by molar-refractivity contribution is 8.01. The molecule has 0 aliphatic carbocycles. The summed E-state index contributed by atoms with van der Waals surface area (Å²) < 4.78 is 39.0. The number of hydrogen-bond donors (Lipinski definition) is 2. The van der Waals surface area contributed by atoms with Gasteiger partial charge in [-0.1, -0.05) is 11.8 Å². The molecule has 0 aliphatic heterocycles. The molecule has 0 fully saturated rings. The highest BCUT2D eigenvalue weighted by Gasteiger charge is 2.28. The van der Waals surface area contributed by atoms with Gasteiger partial charge in [0.05, 0.1) is 16.5 Å². The summed E-state index contributed by atoms with van der Waals surface area (Å²) in [5.74, 6) is -1.01. The van der Waals surface area contributed by atoms with E-state index in [2.05, 4.69) is 4.98 Å². The van der Waals surface area contributed by atoms with Crippen molar-refractivity contribution in [1.82, 2.24) is 9.38 Å². The van der Waals surface area contributed by atoms with Gasteiger partial charge in [-0.2, -0.15) is 13.2 Å². The summed E-state index contributed by atoms with van der Waals surface area (Å²) in [7, 11) is 0. The van der Waals surface area contributed by atoms with Crippen LogP contribution in [0, 0.1) is 0 Å². The number of hydrogen-bond acceptors (Lipinski definition) is 5. The van der Waals surface area contributed by atoms with Gasteiger partial charge in [0.2, 0.25) is 0 Å². The van der Waals surface area contributed by atoms with Gasteiger partial charge in [0.1, 0.15) is 0 Å². The summed E-state index contributed by atoms with van der Waals surface area (Å²) in [6.45, 7) is 0. The van der Waals surface area contributed by atoms with Gasteiger partial charge < -0.3 is 14.6 Å². The van der Waals surface area contributed by atoms with Crippen molar-refractivity contribution in [1.29, 1.82) is 0 Å². The third-order valence-electron chi connectivity index (χ3n) is 3.55. The SMILES string of the molecule is O=C(O)c1cc2cc(Sc3ncc(C(O)CCC(F)(F)F)s3)ccn2c1. The molecule has 2 N–H and O–H groups in total. The van der Waals surface area contributed by atoms with E-state index in [1.54, 1.807) is 28.8 Å². The van der Waals surface area contributed by atoms with Gasteiger partial charge in [0.25, 0.3) is 0 Å². The molecule has 0 aromatic carbocycles. The topological polar surface area (TPSA) is 74.8 Å². The van der Waals surface area contributed by atoms with E-state index in [4.69, 9.17) is 5.11 Å². The van der Waals surface area contributed by atoms with Gasteiger partial charge >= 0.3 is 12.1 Å². The Kier molecular flexibility index (Phi) is 5.26. The maximum Gasteiger partial charge on any atom is 0.389 e. The van der Waals surface area contributed by atoms with Crippen molar-refractivity contribution in [2.75, 3.05) is 0 Å². The maximum atomic E-state index is 12.2. The minimum atomic E-state index is -4.30. The number of halogens is 3. The largest absolute Gasteiger partial charge is 0.478 e. The first-order valence-electron chi connectivity index (χ1n) is 7.45. The van der Waals surface area contributed by atoms with E-state index < -0.39 is 31.1 Å². The second kappa shape index (κ2) is 7.29. The number of pyridine rings is 1. The predicted octanol–water partition coefficient (Wildman–Crippen LogP) is 4.62. The van der Waals surface area contributed by atoms with Crippen LogP contribution >= 0.6 is 23.1 Å². The monoisotopic (exact) mass is 402 g/mol. The molecule has 3 heterocycles. The van der Waals surface area contributed by atoms with E-state index in [0.717, 1.165) is 16.2 Å². The summed E-state index contributed by atoms with van der Waals surface area (Å²) in [5.41, 5.74) is 0.880. The number of alkyl halides is 3. The summed E-state index contributed by atoms with van der Waals surface area (Å²) >= 11 is 2.43. The van der Waals surface area contributed by atoms with Gasteiger partial charge in [-0.15, -0.1) is 11.3 Å². The second-order valence-corrected chi connectivity index (χ2v) is 7.91. The Morgan fingerprint density at radius 2 is 2.15 bits per heavy atom. The Bertz CT molecular complexity index is 936. The van der Waals surface area contributed by atoms with Crippen molar-refractivity contribution in [3.05, 3.63) is 47.2 Å². The summed E-state index contributed by atoms with van der Waals surface area (Å²) in [5, 5.41) is 18.9. The predicted molar refractivity (Wildman–Crippen MR) is 90.8 cm³/mol. The number of nitrogens with zero attached hydrogens (tertiary/aromatic N) is 2. The molecular weight excluding hydrogens is 389 g/mol. The Hall–Kier alpha value is -2.04. The van der Waals surface area contributed by atoms with E-state index in [9.17, 15) is 23.1 Å². The van der Waals surface area contributed by atoms with Gasteiger partial charge in [-0.05, 0) is 24.6 Å². The molecule has 5 nitrogen and oxygen atoms in total. The van der Waals surface area contributed by atoms with E-state index in [1.165, 1.54) is 24.2 Å². The number of rotatable bonds is 6. The first-order valence-corrected chi connectivity index (χ1v) is 9.08. The number of carboxylic acids is 1. The summed E-state index contributed by atoms with van der Waals surface area (Å²) in [4.78, 5) is 16.3. The van der Waals surface area contributed by atoms with Crippen LogP contribution in [-0.4, -0.2) is 31.7 Å². The molecule has 3 aromatic heterocycles. The van der Waals surface area contributed by atoms with E-state index in [-0.39, 0.29) is 5.56 Å². The molecule has 3 aromatic rings. The molecular formula is C16H13F3N2O3S2. The average Bonchev–Trinajstić information content (AvgIpc) is 3.18. The van der Waals surface area contributed by atoms with Crippen molar-refractivity contribution >= 4 is 34.6 Å². The van der Waals surface area contributed by atoms with Crippen molar-refractivity contribution < 1.29 is 28.2 Å². The molecule has 0 saturated carbocycles. The number of carbonyl (C=O) groups is 1. The lowest BCUT2D eigenvalue weighted by molar-refractivity contribution is -0.140. The summed E-state index contributed by atoms with van der Waals surface area (Å²) in [6.07, 6.45) is -2.34. The maximum absolute atomic E-state index is 12.2. The first kappa shape index (κ1) is 18.7. The van der Waals surface area contributed by atoms with Crippen LogP contribution in [0.3, 0.4) is 0 Å². The number of aliphatic hydroxyl groups excluding tert-OH is 1. The highest BCUT2D eigenvalue weighted by atomic mass is 32.2. The van der Waals surface area contributed by atoms with Crippen molar-refractivity contribution in [2.45, 2.75) is 34.4 Å². The molecule has 0 saturated heterocycles. The lowest BCUT2D eigenvalue weighted by Gasteiger charge is -2.09. The van der Waals surface area contributed by atoms with Crippen molar-refractivity contribution in [3.63, 3.8) is 0 Å². The van der Waals surface area contributed by atoms with Crippen LogP contribution in [0.5, 0.6) is 0 Å². The zero-order chi connectivity index (χ0) is 18.9. The van der Waals surface area contributed by atoms with E-state index >= 15 is 0 Å². The van der Waals surface area contributed by atoms with Gasteiger partial charge in [0, 0.05) is 35.4 Å². The minimum Gasteiger partial charge on any atom is -0.478 e. The quantitative estimate of drug-likeness (QED) is 0.629. The number of fused-ring (bicyclic) bond motifs is 1. The molecule has 138 valence electrons. The standard InChI is InChI=1S/C16H13F3N2O3S2/c17-16(18,19)3-1-12(22)13-7-20-15(26-13)25-11-2-4-21-8-9(14(23)24)5-10(21)6-11/h2,4-8,12,22H,1,3H2,(H,23,24). The van der Waals surface area contributed by atoms with Crippen molar-refractivity contribution in [2.24, 2.45) is 0 Å². The van der Waals surface area contributed by atoms with Crippen molar-refractivity contribution in [3.8, 4) is 0 Å².